The highest BCUT2D eigenvalue weighted by atomic mass is 19.2. The summed E-state index contributed by atoms with van der Waals surface area (Å²) in [6.45, 7) is 1.95. The molecule has 94 valence electrons. The Hall–Kier alpha value is -1.74. The van der Waals surface area contributed by atoms with Crippen molar-refractivity contribution in [2.45, 2.75) is 13.0 Å². The van der Waals surface area contributed by atoms with Gasteiger partial charge >= 0.3 is 0 Å². The molecule has 18 heavy (non-hydrogen) atoms. The molecule has 1 nitrogen and oxygen atoms in total. The molecule has 0 fully saturated rings. The van der Waals surface area contributed by atoms with Gasteiger partial charge in [0.25, 0.3) is 0 Å². The van der Waals surface area contributed by atoms with Crippen LogP contribution in [0, 0.1) is 11.6 Å². The van der Waals surface area contributed by atoms with Gasteiger partial charge in [0, 0.05) is 7.11 Å². The molecule has 2 aromatic rings. The van der Waals surface area contributed by atoms with E-state index >= 15 is 0 Å². The maximum absolute atomic E-state index is 13.1. The van der Waals surface area contributed by atoms with Gasteiger partial charge in [-0.25, -0.2) is 8.78 Å². The second-order valence-corrected chi connectivity index (χ2v) is 4.13. The highest BCUT2D eigenvalue weighted by Gasteiger charge is 2.06. The summed E-state index contributed by atoms with van der Waals surface area (Å²) < 4.78 is 31.2. The fraction of sp³-hybridized carbons (Fsp3) is 0.200. The summed E-state index contributed by atoms with van der Waals surface area (Å²) in [4.78, 5) is 0. The highest BCUT2D eigenvalue weighted by Crippen LogP contribution is 2.24. The van der Waals surface area contributed by atoms with Crippen LogP contribution in [0.15, 0.2) is 42.5 Å². The summed E-state index contributed by atoms with van der Waals surface area (Å²) in [6.07, 6.45) is 0.0176. The predicted molar refractivity (Wildman–Crippen MR) is 67.2 cm³/mol. The predicted octanol–water partition coefficient (Wildman–Crippen LogP) is 4.34. The molecule has 1 atom stereocenters. The molecule has 0 aromatic heterocycles. The third-order valence-corrected chi connectivity index (χ3v) is 2.99. The van der Waals surface area contributed by atoms with E-state index in [4.69, 9.17) is 4.74 Å². The van der Waals surface area contributed by atoms with E-state index in [9.17, 15) is 8.78 Å². The van der Waals surface area contributed by atoms with Crippen LogP contribution < -0.4 is 0 Å². The van der Waals surface area contributed by atoms with Crippen LogP contribution in [0.3, 0.4) is 0 Å². The zero-order valence-electron chi connectivity index (χ0n) is 10.3. The molecule has 0 spiro atoms. The molecule has 0 N–H and O–H groups in total. The summed E-state index contributed by atoms with van der Waals surface area (Å²) >= 11 is 0. The van der Waals surface area contributed by atoms with Crippen molar-refractivity contribution >= 4 is 0 Å². The van der Waals surface area contributed by atoms with Gasteiger partial charge in [-0.15, -0.1) is 0 Å². The Bertz CT molecular complexity index is 535. The van der Waals surface area contributed by atoms with E-state index in [0.29, 0.717) is 5.56 Å². The van der Waals surface area contributed by atoms with Crippen LogP contribution in [0.4, 0.5) is 8.78 Å². The SMILES string of the molecule is COC(C)c1ccc(-c2ccc(F)c(F)c2)cc1. The van der Waals surface area contributed by atoms with Crippen molar-refractivity contribution in [3.8, 4) is 11.1 Å². The molecular weight excluding hydrogens is 234 g/mol. The van der Waals surface area contributed by atoms with Crippen molar-refractivity contribution in [1.29, 1.82) is 0 Å². The molecule has 1 unspecified atom stereocenters. The van der Waals surface area contributed by atoms with Gasteiger partial charge in [-0.1, -0.05) is 30.3 Å². The van der Waals surface area contributed by atoms with Crippen molar-refractivity contribution in [1.82, 2.24) is 0 Å². The van der Waals surface area contributed by atoms with Crippen molar-refractivity contribution in [3.05, 3.63) is 59.7 Å². The molecule has 0 aliphatic carbocycles. The van der Waals surface area contributed by atoms with Crippen LogP contribution in [-0.4, -0.2) is 7.11 Å². The minimum atomic E-state index is -0.832. The molecule has 2 aromatic carbocycles. The van der Waals surface area contributed by atoms with Crippen molar-refractivity contribution in [2.75, 3.05) is 7.11 Å². The second kappa shape index (κ2) is 5.27. The standard InChI is InChI=1S/C15H14F2O/c1-10(18-2)11-3-5-12(6-4-11)13-7-8-14(16)15(17)9-13/h3-10H,1-2H3. The number of methoxy groups -OCH3 is 1. The molecule has 0 saturated carbocycles. The topological polar surface area (TPSA) is 9.23 Å². The lowest BCUT2D eigenvalue weighted by Gasteiger charge is -2.10. The third kappa shape index (κ3) is 2.57. The molecule has 0 aliphatic rings. The number of hydrogen-bond acceptors (Lipinski definition) is 1. The Kier molecular flexibility index (Phi) is 3.72. The minimum Gasteiger partial charge on any atom is -0.377 e. The largest absolute Gasteiger partial charge is 0.377 e. The van der Waals surface area contributed by atoms with Crippen molar-refractivity contribution < 1.29 is 13.5 Å². The number of halogens is 2. The number of rotatable bonds is 3. The first-order valence-corrected chi connectivity index (χ1v) is 5.70. The molecule has 0 saturated heterocycles. The van der Waals surface area contributed by atoms with E-state index in [1.807, 2.05) is 31.2 Å². The van der Waals surface area contributed by atoms with Crippen LogP contribution in [-0.2, 0) is 4.74 Å². The van der Waals surface area contributed by atoms with Gasteiger partial charge in [-0.05, 0) is 35.7 Å². The first-order chi connectivity index (χ1) is 8.61. The van der Waals surface area contributed by atoms with Gasteiger partial charge < -0.3 is 4.74 Å². The van der Waals surface area contributed by atoms with Gasteiger partial charge in [0.15, 0.2) is 11.6 Å². The van der Waals surface area contributed by atoms with Crippen LogP contribution in [0.5, 0.6) is 0 Å². The zero-order valence-corrected chi connectivity index (χ0v) is 10.3. The molecule has 0 amide bonds. The lowest BCUT2D eigenvalue weighted by molar-refractivity contribution is 0.119. The average Bonchev–Trinajstić information content (AvgIpc) is 2.41. The Balaban J connectivity index is 2.31. The van der Waals surface area contributed by atoms with E-state index < -0.39 is 11.6 Å². The fourth-order valence-electron chi connectivity index (χ4n) is 1.76. The zero-order chi connectivity index (χ0) is 13.1. The number of benzene rings is 2. The first-order valence-electron chi connectivity index (χ1n) is 5.70. The van der Waals surface area contributed by atoms with Gasteiger partial charge in [0.2, 0.25) is 0 Å². The van der Waals surface area contributed by atoms with E-state index in [0.717, 1.165) is 17.2 Å². The summed E-state index contributed by atoms with van der Waals surface area (Å²) in [5, 5.41) is 0. The van der Waals surface area contributed by atoms with E-state index in [1.165, 1.54) is 6.07 Å². The summed E-state index contributed by atoms with van der Waals surface area (Å²) in [5.41, 5.74) is 2.55. The third-order valence-electron chi connectivity index (χ3n) is 2.99. The highest BCUT2D eigenvalue weighted by molar-refractivity contribution is 5.63. The summed E-state index contributed by atoms with van der Waals surface area (Å²) in [6, 6.07) is 11.5. The van der Waals surface area contributed by atoms with Crippen molar-refractivity contribution in [3.63, 3.8) is 0 Å². The molecule has 0 heterocycles. The molecule has 3 heteroatoms. The second-order valence-electron chi connectivity index (χ2n) is 4.13. The summed E-state index contributed by atoms with van der Waals surface area (Å²) in [5.74, 6) is -1.66. The fourth-order valence-corrected chi connectivity index (χ4v) is 1.76. The van der Waals surface area contributed by atoms with E-state index in [2.05, 4.69) is 0 Å². The van der Waals surface area contributed by atoms with Crippen LogP contribution in [0.2, 0.25) is 0 Å². The van der Waals surface area contributed by atoms with Crippen LogP contribution >= 0.6 is 0 Å². The quantitative estimate of drug-likeness (QED) is 0.785. The normalized spacial score (nSPS) is 12.4. The lowest BCUT2D eigenvalue weighted by Crippen LogP contribution is -1.95. The Morgan fingerprint density at radius 2 is 1.50 bits per heavy atom. The van der Waals surface area contributed by atoms with Crippen LogP contribution in [0.1, 0.15) is 18.6 Å². The molecule has 0 bridgehead atoms. The summed E-state index contributed by atoms with van der Waals surface area (Å²) in [7, 11) is 1.65. The van der Waals surface area contributed by atoms with Crippen LogP contribution in [0.25, 0.3) is 11.1 Å². The van der Waals surface area contributed by atoms with Gasteiger partial charge in [0.05, 0.1) is 6.10 Å². The Morgan fingerprint density at radius 3 is 2.06 bits per heavy atom. The molecule has 2 rings (SSSR count). The Morgan fingerprint density at radius 1 is 0.889 bits per heavy atom. The molecular formula is C15H14F2O. The minimum absolute atomic E-state index is 0.0176. The average molecular weight is 248 g/mol. The van der Waals surface area contributed by atoms with Gasteiger partial charge in [-0.2, -0.15) is 0 Å². The smallest absolute Gasteiger partial charge is 0.159 e. The van der Waals surface area contributed by atoms with E-state index in [1.54, 1.807) is 13.2 Å². The van der Waals surface area contributed by atoms with Gasteiger partial charge in [0.1, 0.15) is 0 Å². The molecule has 0 radical (unpaired) electrons. The Labute approximate surface area is 105 Å². The monoisotopic (exact) mass is 248 g/mol. The van der Waals surface area contributed by atoms with Crippen molar-refractivity contribution in [2.24, 2.45) is 0 Å². The van der Waals surface area contributed by atoms with Gasteiger partial charge in [-0.3, -0.25) is 0 Å². The number of ether oxygens (including phenoxy) is 1. The maximum atomic E-state index is 13.1. The molecule has 0 aliphatic heterocycles. The van der Waals surface area contributed by atoms with E-state index in [-0.39, 0.29) is 6.10 Å². The maximum Gasteiger partial charge on any atom is 0.159 e. The lowest BCUT2D eigenvalue weighted by atomic mass is 10.0. The number of hydrogen-bond donors (Lipinski definition) is 0. The first kappa shape index (κ1) is 12.7.